The fourth-order valence-electron chi connectivity index (χ4n) is 7.21. The van der Waals surface area contributed by atoms with E-state index >= 15 is 0 Å². The Morgan fingerprint density at radius 1 is 0.625 bits per heavy atom. The summed E-state index contributed by atoms with van der Waals surface area (Å²) >= 11 is 0. The molecule has 0 aliphatic heterocycles. The first-order valence-electron chi connectivity index (χ1n) is 14.5. The number of hydrogen-bond donors (Lipinski definition) is 0. The highest BCUT2D eigenvalue weighted by atomic mass is 15.0. The number of hydrogen-bond acceptors (Lipinski definition) is 0. The minimum atomic E-state index is 1.04. The van der Waals surface area contributed by atoms with Crippen molar-refractivity contribution in [3.63, 3.8) is 0 Å². The molecular formula is C38H32N2. The Balaban J connectivity index is 1.23. The monoisotopic (exact) mass is 516 g/mol. The Morgan fingerprint density at radius 2 is 1.27 bits per heavy atom. The second kappa shape index (κ2) is 8.99. The third-order valence-corrected chi connectivity index (χ3v) is 9.01. The van der Waals surface area contributed by atoms with Gasteiger partial charge in [-0.3, -0.25) is 0 Å². The molecule has 2 heterocycles. The number of para-hydroxylation sites is 3. The summed E-state index contributed by atoms with van der Waals surface area (Å²) in [5.74, 6) is 0. The number of allylic oxidation sites excluding steroid dienone is 5. The summed E-state index contributed by atoms with van der Waals surface area (Å²) in [4.78, 5) is 0. The van der Waals surface area contributed by atoms with Crippen molar-refractivity contribution in [3.8, 4) is 5.69 Å². The highest BCUT2D eigenvalue weighted by Gasteiger charge is 2.22. The fourth-order valence-corrected chi connectivity index (χ4v) is 7.21. The van der Waals surface area contributed by atoms with Crippen LogP contribution in [-0.4, -0.2) is 9.13 Å². The Hall–Kier alpha value is -4.56. The normalized spacial score (nSPS) is 15.3. The second-order valence-corrected chi connectivity index (χ2v) is 11.3. The molecule has 2 aliphatic rings. The summed E-state index contributed by atoms with van der Waals surface area (Å²) in [6.07, 6.45) is 11.5. The molecule has 0 fully saturated rings. The van der Waals surface area contributed by atoms with Gasteiger partial charge in [0.25, 0.3) is 0 Å². The molecule has 2 aromatic heterocycles. The molecule has 194 valence electrons. The van der Waals surface area contributed by atoms with E-state index < -0.39 is 0 Å². The highest BCUT2D eigenvalue weighted by Crippen LogP contribution is 2.40. The van der Waals surface area contributed by atoms with Crippen LogP contribution in [0.5, 0.6) is 0 Å². The number of rotatable bonds is 3. The van der Waals surface area contributed by atoms with Crippen LogP contribution in [0.1, 0.15) is 48.6 Å². The van der Waals surface area contributed by atoms with Gasteiger partial charge in [-0.2, -0.15) is 0 Å². The lowest BCUT2D eigenvalue weighted by Gasteiger charge is -2.23. The summed E-state index contributed by atoms with van der Waals surface area (Å²) in [6.45, 7) is 4.57. The van der Waals surface area contributed by atoms with Crippen molar-refractivity contribution in [2.45, 2.75) is 39.5 Å². The minimum absolute atomic E-state index is 1.04. The van der Waals surface area contributed by atoms with Gasteiger partial charge in [0, 0.05) is 33.2 Å². The lowest BCUT2D eigenvalue weighted by molar-refractivity contribution is 0.929. The van der Waals surface area contributed by atoms with Crippen molar-refractivity contribution in [1.29, 1.82) is 0 Å². The first-order chi connectivity index (χ1) is 19.7. The Morgan fingerprint density at radius 3 is 1.95 bits per heavy atom. The van der Waals surface area contributed by atoms with Crippen LogP contribution in [0.2, 0.25) is 0 Å². The zero-order valence-electron chi connectivity index (χ0n) is 23.1. The zero-order chi connectivity index (χ0) is 26.8. The van der Waals surface area contributed by atoms with Gasteiger partial charge in [-0.25, -0.2) is 0 Å². The van der Waals surface area contributed by atoms with Crippen molar-refractivity contribution >= 4 is 50.1 Å². The average molecular weight is 517 g/mol. The molecule has 8 rings (SSSR count). The third kappa shape index (κ3) is 3.42. The molecule has 0 atom stereocenters. The predicted octanol–water partition coefficient (Wildman–Crippen LogP) is 10.1. The van der Waals surface area contributed by atoms with Gasteiger partial charge in [0.1, 0.15) is 0 Å². The molecule has 2 nitrogen and oxygen atoms in total. The van der Waals surface area contributed by atoms with E-state index in [9.17, 15) is 0 Å². The molecule has 40 heavy (non-hydrogen) atoms. The van der Waals surface area contributed by atoms with Crippen LogP contribution in [0.25, 0.3) is 55.7 Å². The molecule has 0 saturated carbocycles. The van der Waals surface area contributed by atoms with E-state index in [0.29, 0.717) is 0 Å². The fraction of sp³-hybridized carbons (Fsp3) is 0.158. The highest BCUT2D eigenvalue weighted by molar-refractivity contribution is 6.09. The van der Waals surface area contributed by atoms with Gasteiger partial charge in [-0.05, 0) is 110 Å². The lowest BCUT2D eigenvalue weighted by atomic mass is 9.88. The molecule has 2 heteroatoms. The van der Waals surface area contributed by atoms with Crippen molar-refractivity contribution in [2.24, 2.45) is 0 Å². The Labute approximate surface area is 235 Å². The number of aromatic nitrogens is 2. The molecular weight excluding hydrogens is 484 g/mol. The lowest BCUT2D eigenvalue weighted by Crippen LogP contribution is -2.07. The maximum atomic E-state index is 2.53. The van der Waals surface area contributed by atoms with Crippen LogP contribution in [0, 0.1) is 6.92 Å². The molecule has 0 saturated heterocycles. The van der Waals surface area contributed by atoms with Gasteiger partial charge in [-0.1, -0.05) is 66.7 Å². The molecule has 0 bridgehead atoms. The van der Waals surface area contributed by atoms with E-state index in [1.807, 2.05) is 0 Å². The molecule has 6 aromatic rings. The van der Waals surface area contributed by atoms with Crippen molar-refractivity contribution < 1.29 is 0 Å². The average Bonchev–Trinajstić information content (AvgIpc) is 3.51. The first-order valence-corrected chi connectivity index (χ1v) is 14.5. The number of aryl methyl sites for hydroxylation is 2. The van der Waals surface area contributed by atoms with Gasteiger partial charge < -0.3 is 9.13 Å². The minimum Gasteiger partial charge on any atom is -0.313 e. The van der Waals surface area contributed by atoms with Crippen LogP contribution in [0.15, 0.2) is 109 Å². The van der Waals surface area contributed by atoms with Gasteiger partial charge >= 0.3 is 0 Å². The van der Waals surface area contributed by atoms with E-state index in [1.54, 1.807) is 0 Å². The predicted molar refractivity (Wildman–Crippen MR) is 171 cm³/mol. The molecule has 0 spiro atoms. The van der Waals surface area contributed by atoms with Crippen molar-refractivity contribution in [2.75, 3.05) is 0 Å². The van der Waals surface area contributed by atoms with Gasteiger partial charge in [-0.15, -0.1) is 0 Å². The van der Waals surface area contributed by atoms with Crippen molar-refractivity contribution in [1.82, 2.24) is 9.13 Å². The quantitative estimate of drug-likeness (QED) is 0.221. The molecule has 4 aromatic carbocycles. The van der Waals surface area contributed by atoms with Gasteiger partial charge in [0.15, 0.2) is 0 Å². The molecule has 0 N–H and O–H groups in total. The zero-order valence-corrected chi connectivity index (χ0v) is 23.1. The van der Waals surface area contributed by atoms with Crippen LogP contribution in [0.3, 0.4) is 0 Å². The molecule has 2 aliphatic carbocycles. The summed E-state index contributed by atoms with van der Waals surface area (Å²) < 4.78 is 4.94. The van der Waals surface area contributed by atoms with Crippen LogP contribution in [0.4, 0.5) is 0 Å². The third-order valence-electron chi connectivity index (χ3n) is 9.01. The summed E-state index contributed by atoms with van der Waals surface area (Å²) in [6, 6.07) is 33.4. The second-order valence-electron chi connectivity index (χ2n) is 11.3. The molecule has 0 amide bonds. The number of benzene rings is 4. The van der Waals surface area contributed by atoms with E-state index in [1.165, 1.54) is 77.6 Å². The van der Waals surface area contributed by atoms with Crippen LogP contribution in [-0.2, 0) is 6.42 Å². The largest absolute Gasteiger partial charge is 0.313 e. The van der Waals surface area contributed by atoms with Gasteiger partial charge in [0.05, 0.1) is 16.6 Å². The number of nitrogens with zero attached hydrogens (tertiary/aromatic N) is 2. The Kier molecular flexibility index (Phi) is 5.25. The molecule has 0 radical (unpaired) electrons. The smallest absolute Gasteiger partial charge is 0.0541 e. The topological polar surface area (TPSA) is 9.86 Å². The SMILES string of the molecule is CC1=C(c2ccc(-n3c4ccccc4c4ccccc43)cc2C)CCC(n2c3c(c4ccccc42)CCC=C3)=C1. The number of fused-ring (bicyclic) bond motifs is 6. The van der Waals surface area contributed by atoms with Crippen molar-refractivity contribution in [3.05, 3.63) is 131 Å². The van der Waals surface area contributed by atoms with Crippen LogP contribution >= 0.6 is 0 Å². The first kappa shape index (κ1) is 23.3. The maximum Gasteiger partial charge on any atom is 0.0541 e. The van der Waals surface area contributed by atoms with E-state index in [0.717, 1.165) is 25.7 Å². The Bertz CT molecular complexity index is 2020. The van der Waals surface area contributed by atoms with E-state index in [4.69, 9.17) is 0 Å². The van der Waals surface area contributed by atoms with Gasteiger partial charge in [0.2, 0.25) is 0 Å². The molecule has 0 unspecified atom stereocenters. The maximum absolute atomic E-state index is 2.53. The summed E-state index contributed by atoms with van der Waals surface area (Å²) in [5, 5.41) is 4.02. The summed E-state index contributed by atoms with van der Waals surface area (Å²) in [5.41, 5.74) is 14.9. The summed E-state index contributed by atoms with van der Waals surface area (Å²) in [7, 11) is 0. The van der Waals surface area contributed by atoms with E-state index in [-0.39, 0.29) is 0 Å². The van der Waals surface area contributed by atoms with Crippen LogP contribution < -0.4 is 0 Å². The standard InChI is InChI=1S/C38H32N2/c1-25-23-27(39-35-15-7-3-11-31(35)32-12-4-8-16-36(32)39)19-21-29(25)30-22-20-28(24-26(30)2)40-37-17-9-5-13-33(37)34-14-6-10-18-38(34)40/h3-5,7-13,15-19,21,23-24H,6,14,20,22H2,1-2H3. The van der Waals surface area contributed by atoms with E-state index in [2.05, 4.69) is 132 Å².